The van der Waals surface area contributed by atoms with Crippen molar-refractivity contribution in [1.29, 1.82) is 0 Å². The molecule has 3 aromatic rings. The molecule has 0 unspecified atom stereocenters. The van der Waals surface area contributed by atoms with Gasteiger partial charge in [-0.15, -0.1) is 0 Å². The number of benzene rings is 2. The lowest BCUT2D eigenvalue weighted by Crippen LogP contribution is -2.39. The van der Waals surface area contributed by atoms with Gasteiger partial charge in [0.1, 0.15) is 5.82 Å². The van der Waals surface area contributed by atoms with Gasteiger partial charge in [0, 0.05) is 31.7 Å². The van der Waals surface area contributed by atoms with Gasteiger partial charge in [0.05, 0.1) is 23.4 Å². The highest BCUT2D eigenvalue weighted by Crippen LogP contribution is 2.33. The maximum atomic E-state index is 13.8. The third kappa shape index (κ3) is 4.53. The smallest absolute Gasteiger partial charge is 0.260 e. The average molecular weight is 428 g/mol. The zero-order chi connectivity index (χ0) is 21.1. The number of morpholine rings is 1. The van der Waals surface area contributed by atoms with Crippen molar-refractivity contribution in [2.45, 2.75) is 20.3 Å². The van der Waals surface area contributed by atoms with Crippen LogP contribution in [0.5, 0.6) is 0 Å². The summed E-state index contributed by atoms with van der Waals surface area (Å²) in [4.78, 5) is 22.2. The van der Waals surface area contributed by atoms with Crippen LogP contribution in [0.1, 0.15) is 27.9 Å². The normalized spacial score (nSPS) is 14.9. The van der Waals surface area contributed by atoms with Crippen molar-refractivity contribution < 1.29 is 13.9 Å². The molecule has 1 aliphatic rings. The topological polar surface area (TPSA) is 45.7 Å². The summed E-state index contributed by atoms with van der Waals surface area (Å²) >= 11 is 1.53. The Balaban J connectivity index is 1.61. The first-order chi connectivity index (χ1) is 14.5. The highest BCUT2D eigenvalue weighted by atomic mass is 32.1. The van der Waals surface area contributed by atoms with Crippen LogP contribution >= 0.6 is 11.3 Å². The summed E-state index contributed by atoms with van der Waals surface area (Å²) in [5, 5.41) is 0.665. The van der Waals surface area contributed by atoms with Crippen LogP contribution in [0.25, 0.3) is 10.2 Å². The molecule has 5 nitrogen and oxygen atoms in total. The number of hydrogen-bond donors (Lipinski definition) is 0. The van der Waals surface area contributed by atoms with Gasteiger partial charge in [-0.3, -0.25) is 14.6 Å². The molecule has 1 aromatic heterocycles. The molecule has 0 bridgehead atoms. The molecular formula is C23H26FN3O2S. The molecular weight excluding hydrogens is 401 g/mol. The van der Waals surface area contributed by atoms with Gasteiger partial charge in [-0.2, -0.15) is 0 Å². The zero-order valence-electron chi connectivity index (χ0n) is 17.4. The third-order valence-electron chi connectivity index (χ3n) is 5.44. The second-order valence-corrected chi connectivity index (χ2v) is 8.63. The minimum Gasteiger partial charge on any atom is -0.379 e. The number of aryl methyl sites for hydroxylation is 2. The number of carbonyl (C=O) groups excluding carboxylic acids is 1. The molecule has 30 heavy (non-hydrogen) atoms. The highest BCUT2D eigenvalue weighted by molar-refractivity contribution is 7.22. The molecule has 0 N–H and O–H groups in total. The van der Waals surface area contributed by atoms with Gasteiger partial charge in [0.25, 0.3) is 5.91 Å². The Morgan fingerprint density at radius 2 is 1.97 bits per heavy atom. The van der Waals surface area contributed by atoms with E-state index in [0.29, 0.717) is 17.2 Å². The van der Waals surface area contributed by atoms with Crippen LogP contribution in [0.2, 0.25) is 0 Å². The third-order valence-corrected chi connectivity index (χ3v) is 6.65. The first kappa shape index (κ1) is 20.9. The first-order valence-electron chi connectivity index (χ1n) is 10.3. The molecule has 1 amide bonds. The number of thiazole rings is 1. The van der Waals surface area contributed by atoms with E-state index in [-0.39, 0.29) is 5.91 Å². The van der Waals surface area contributed by atoms with Crippen molar-refractivity contribution in [3.8, 4) is 0 Å². The highest BCUT2D eigenvalue weighted by Gasteiger charge is 2.23. The molecule has 0 saturated carbocycles. The second-order valence-electron chi connectivity index (χ2n) is 7.65. The fourth-order valence-electron chi connectivity index (χ4n) is 3.70. The lowest BCUT2D eigenvalue weighted by atomic mass is 10.1. The molecule has 4 rings (SSSR count). The maximum Gasteiger partial charge on any atom is 0.260 e. The van der Waals surface area contributed by atoms with Crippen LogP contribution in [-0.4, -0.2) is 55.2 Å². The molecule has 1 saturated heterocycles. The minimum absolute atomic E-state index is 0.217. The Morgan fingerprint density at radius 3 is 2.70 bits per heavy atom. The Hall–Kier alpha value is -2.35. The number of amides is 1. The Morgan fingerprint density at radius 1 is 1.20 bits per heavy atom. The maximum absolute atomic E-state index is 13.8. The van der Waals surface area contributed by atoms with Gasteiger partial charge in [-0.1, -0.05) is 29.5 Å². The van der Waals surface area contributed by atoms with Gasteiger partial charge in [0.15, 0.2) is 5.13 Å². The summed E-state index contributed by atoms with van der Waals surface area (Å²) in [6.07, 6.45) is 0.814. The van der Waals surface area contributed by atoms with Gasteiger partial charge in [-0.25, -0.2) is 9.37 Å². The van der Waals surface area contributed by atoms with Crippen molar-refractivity contribution in [3.63, 3.8) is 0 Å². The fraction of sp³-hybridized carbons (Fsp3) is 0.391. The van der Waals surface area contributed by atoms with Crippen molar-refractivity contribution in [3.05, 3.63) is 58.9 Å². The number of rotatable bonds is 6. The molecule has 0 aliphatic carbocycles. The molecule has 2 heterocycles. The van der Waals surface area contributed by atoms with E-state index in [1.54, 1.807) is 17.0 Å². The van der Waals surface area contributed by atoms with Crippen molar-refractivity contribution >= 4 is 32.6 Å². The number of halogens is 1. The van der Waals surface area contributed by atoms with Crippen molar-refractivity contribution in [2.75, 3.05) is 44.3 Å². The van der Waals surface area contributed by atoms with Gasteiger partial charge in [-0.05, 0) is 49.6 Å². The van der Waals surface area contributed by atoms with Gasteiger partial charge >= 0.3 is 0 Å². The molecule has 1 fully saturated rings. The van der Waals surface area contributed by atoms with Crippen LogP contribution < -0.4 is 4.90 Å². The SMILES string of the molecule is Cc1ccc(C)c2sc(N(CCCN3CCOCC3)C(=O)c3cccc(F)c3)nc12. The van der Waals surface area contributed by atoms with E-state index in [4.69, 9.17) is 9.72 Å². The van der Waals surface area contributed by atoms with E-state index in [2.05, 4.69) is 24.0 Å². The number of fused-ring (bicyclic) bond motifs is 1. The van der Waals surface area contributed by atoms with Crippen molar-refractivity contribution in [2.24, 2.45) is 0 Å². The molecule has 158 valence electrons. The van der Waals surface area contributed by atoms with E-state index < -0.39 is 5.82 Å². The van der Waals surface area contributed by atoms with Crippen LogP contribution in [0.3, 0.4) is 0 Å². The van der Waals surface area contributed by atoms with Crippen molar-refractivity contribution in [1.82, 2.24) is 9.88 Å². The summed E-state index contributed by atoms with van der Waals surface area (Å²) < 4.78 is 20.3. The summed E-state index contributed by atoms with van der Waals surface area (Å²) in [5.41, 5.74) is 3.50. The first-order valence-corrected chi connectivity index (χ1v) is 11.1. The van der Waals surface area contributed by atoms with E-state index in [1.165, 1.54) is 23.5 Å². The summed E-state index contributed by atoms with van der Waals surface area (Å²) in [5.74, 6) is -0.629. The van der Waals surface area contributed by atoms with Crippen LogP contribution in [0.15, 0.2) is 36.4 Å². The lowest BCUT2D eigenvalue weighted by molar-refractivity contribution is 0.0376. The minimum atomic E-state index is -0.412. The quantitative estimate of drug-likeness (QED) is 0.584. The number of hydrogen-bond acceptors (Lipinski definition) is 5. The molecule has 7 heteroatoms. The number of nitrogens with zero attached hydrogens (tertiary/aromatic N) is 3. The average Bonchev–Trinajstić information content (AvgIpc) is 3.21. The standard InChI is InChI=1S/C23H26FN3O2S/c1-16-7-8-17(2)21-20(16)25-23(30-21)27(10-4-9-26-11-13-29-14-12-26)22(28)18-5-3-6-19(24)15-18/h3,5-8,15H,4,9-14H2,1-2H3. The van der Waals surface area contributed by atoms with E-state index in [0.717, 1.165) is 60.6 Å². The number of ether oxygens (including phenoxy) is 1. The molecule has 0 radical (unpaired) electrons. The predicted octanol–water partition coefficient (Wildman–Crippen LogP) is 4.42. The van der Waals surface area contributed by atoms with E-state index >= 15 is 0 Å². The van der Waals surface area contributed by atoms with Gasteiger partial charge < -0.3 is 4.74 Å². The Labute approximate surface area is 180 Å². The van der Waals surface area contributed by atoms with E-state index in [1.807, 2.05) is 6.92 Å². The van der Waals surface area contributed by atoms with Crippen LogP contribution in [-0.2, 0) is 4.74 Å². The van der Waals surface area contributed by atoms with Gasteiger partial charge in [0.2, 0.25) is 0 Å². The second kappa shape index (κ2) is 9.20. The van der Waals surface area contributed by atoms with Crippen LogP contribution in [0, 0.1) is 19.7 Å². The summed E-state index contributed by atoms with van der Waals surface area (Å²) in [6, 6.07) is 10.0. The number of anilines is 1. The Bertz CT molecular complexity index is 1010. The summed E-state index contributed by atoms with van der Waals surface area (Å²) in [7, 11) is 0. The lowest BCUT2D eigenvalue weighted by Gasteiger charge is -2.27. The fourth-order valence-corrected chi connectivity index (χ4v) is 4.84. The molecule has 0 atom stereocenters. The molecule has 1 aliphatic heterocycles. The van der Waals surface area contributed by atoms with E-state index in [9.17, 15) is 9.18 Å². The molecule has 2 aromatic carbocycles. The summed E-state index contributed by atoms with van der Waals surface area (Å²) in [6.45, 7) is 8.84. The zero-order valence-corrected chi connectivity index (χ0v) is 18.2. The van der Waals surface area contributed by atoms with Crippen LogP contribution in [0.4, 0.5) is 9.52 Å². The largest absolute Gasteiger partial charge is 0.379 e. The number of aromatic nitrogens is 1. The molecule has 0 spiro atoms. The Kier molecular flexibility index (Phi) is 6.41. The monoisotopic (exact) mass is 427 g/mol. The number of carbonyl (C=O) groups is 1. The predicted molar refractivity (Wildman–Crippen MR) is 119 cm³/mol.